The number of rotatable bonds is 8. The Hall–Kier alpha value is -9.25. The summed E-state index contributed by atoms with van der Waals surface area (Å²) in [5.74, 6) is 1.79. The van der Waals surface area contributed by atoms with Gasteiger partial charge in [0, 0.05) is 27.5 Å². The van der Waals surface area contributed by atoms with E-state index in [9.17, 15) is 0 Å². The van der Waals surface area contributed by atoms with Gasteiger partial charge in [-0.3, -0.25) is 0 Å². The highest BCUT2D eigenvalue weighted by Gasteiger charge is 2.18. The Morgan fingerprint density at radius 2 is 0.638 bits per heavy atom. The van der Waals surface area contributed by atoms with Crippen molar-refractivity contribution in [3.63, 3.8) is 0 Å². The molecule has 0 aliphatic carbocycles. The topological polar surface area (TPSA) is 51.8 Å². The first kappa shape index (κ1) is 40.1. The monoisotopic (exact) mass is 879 g/mol. The van der Waals surface area contributed by atoms with Crippen molar-refractivity contribution in [2.75, 3.05) is 0 Å². The van der Waals surface area contributed by atoms with Crippen LogP contribution in [0, 0.1) is 0 Å². The number of hydrogen-bond acceptors (Lipinski definition) is 4. The molecule has 0 fully saturated rings. The van der Waals surface area contributed by atoms with E-state index in [1.165, 1.54) is 32.7 Å². The third-order valence-electron chi connectivity index (χ3n) is 13.3. The van der Waals surface area contributed by atoms with Crippen LogP contribution in [0.25, 0.3) is 133 Å². The zero-order chi connectivity index (χ0) is 45.7. The van der Waals surface area contributed by atoms with Gasteiger partial charge < -0.3 is 4.42 Å². The molecule has 0 unspecified atom stereocenters. The Morgan fingerprint density at radius 1 is 0.217 bits per heavy atom. The summed E-state index contributed by atoms with van der Waals surface area (Å²) in [5, 5.41) is 7.01. The molecular weight excluding hydrogens is 839 g/mol. The molecule has 4 heteroatoms. The van der Waals surface area contributed by atoms with Crippen LogP contribution in [0.3, 0.4) is 0 Å². The molecule has 4 nitrogen and oxygen atoms in total. The maximum absolute atomic E-state index is 6.54. The molecule has 2 heterocycles. The maximum atomic E-state index is 6.54. The Morgan fingerprint density at radius 3 is 1.33 bits per heavy atom. The Balaban J connectivity index is 0.908. The van der Waals surface area contributed by atoms with Gasteiger partial charge in [-0.2, -0.15) is 0 Å². The number of nitrogens with zero attached hydrogens (tertiary/aromatic N) is 3. The number of fused-ring (bicyclic) bond motifs is 5. The summed E-state index contributed by atoms with van der Waals surface area (Å²) < 4.78 is 6.54. The van der Waals surface area contributed by atoms with E-state index in [1.807, 2.05) is 6.07 Å². The summed E-state index contributed by atoms with van der Waals surface area (Å²) in [5.41, 5.74) is 15.5. The number of aromatic nitrogens is 3. The molecule has 0 saturated heterocycles. The minimum atomic E-state index is 0.591. The normalized spacial score (nSPS) is 11.5. The molecule has 13 aromatic rings. The molecule has 69 heavy (non-hydrogen) atoms. The molecule has 322 valence electrons. The van der Waals surface area contributed by atoms with E-state index in [2.05, 4.69) is 243 Å². The highest BCUT2D eigenvalue weighted by molar-refractivity contribution is 6.07. The minimum absolute atomic E-state index is 0.591. The van der Waals surface area contributed by atoms with Crippen molar-refractivity contribution in [2.45, 2.75) is 0 Å². The standard InChI is InChI=1S/C65H41N3O/c1-2-13-42(14-3-1)51-33-35-58-59-36-34-52(41-62(59)69-61(58)40-51)49-20-11-22-54(39-49)64-66-63(67-65(68-64)60-25-9-8-24-57(60)56-26-12-18-46-16-6-7-23-55(46)56)53-21-10-19-48(38-53)44-27-29-45(30-28-44)50-32-31-43-15-4-5-17-47(43)37-50/h1-41H. The van der Waals surface area contributed by atoms with E-state index in [0.29, 0.717) is 17.5 Å². The molecule has 0 atom stereocenters. The molecule has 0 aliphatic heterocycles. The third kappa shape index (κ3) is 7.51. The van der Waals surface area contributed by atoms with E-state index in [4.69, 9.17) is 19.4 Å². The molecular formula is C65H41N3O. The first-order valence-corrected chi connectivity index (χ1v) is 23.3. The van der Waals surface area contributed by atoms with Crippen molar-refractivity contribution in [3.8, 4) is 89.8 Å². The highest BCUT2D eigenvalue weighted by atomic mass is 16.3. The minimum Gasteiger partial charge on any atom is -0.456 e. The summed E-state index contributed by atoms with van der Waals surface area (Å²) in [7, 11) is 0. The fraction of sp³-hybridized carbons (Fsp3) is 0. The van der Waals surface area contributed by atoms with Gasteiger partial charge in [-0.05, 0) is 120 Å². The average molecular weight is 880 g/mol. The fourth-order valence-corrected chi connectivity index (χ4v) is 9.79. The van der Waals surface area contributed by atoms with Gasteiger partial charge in [-0.1, -0.05) is 206 Å². The molecule has 0 N–H and O–H groups in total. The van der Waals surface area contributed by atoms with E-state index in [0.717, 1.165) is 83.1 Å². The molecule has 11 aromatic carbocycles. The lowest BCUT2D eigenvalue weighted by molar-refractivity contribution is 0.669. The Kier molecular flexibility index (Phi) is 9.80. The average Bonchev–Trinajstić information content (AvgIpc) is 3.80. The van der Waals surface area contributed by atoms with Crippen LogP contribution < -0.4 is 0 Å². The van der Waals surface area contributed by atoms with E-state index in [1.54, 1.807) is 0 Å². The predicted octanol–water partition coefficient (Wildman–Crippen LogP) is 17.4. The van der Waals surface area contributed by atoms with Crippen LogP contribution in [-0.2, 0) is 0 Å². The zero-order valence-corrected chi connectivity index (χ0v) is 37.4. The number of benzene rings is 11. The molecule has 0 radical (unpaired) electrons. The number of furan rings is 1. The Bertz CT molecular complexity index is 4070. The molecule has 0 amide bonds. The fourth-order valence-electron chi connectivity index (χ4n) is 9.79. The van der Waals surface area contributed by atoms with Crippen LogP contribution in [0.1, 0.15) is 0 Å². The van der Waals surface area contributed by atoms with Crippen LogP contribution >= 0.6 is 0 Å². The summed E-state index contributed by atoms with van der Waals surface area (Å²) in [6.45, 7) is 0. The van der Waals surface area contributed by atoms with Gasteiger partial charge in [0.15, 0.2) is 17.5 Å². The van der Waals surface area contributed by atoms with Gasteiger partial charge in [0.1, 0.15) is 11.2 Å². The quantitative estimate of drug-likeness (QED) is 0.153. The van der Waals surface area contributed by atoms with Crippen LogP contribution in [0.15, 0.2) is 253 Å². The zero-order valence-electron chi connectivity index (χ0n) is 37.4. The van der Waals surface area contributed by atoms with E-state index < -0.39 is 0 Å². The van der Waals surface area contributed by atoms with Crippen molar-refractivity contribution in [1.82, 2.24) is 15.0 Å². The first-order chi connectivity index (χ1) is 34.1. The predicted molar refractivity (Wildman–Crippen MR) is 286 cm³/mol. The molecule has 2 aromatic heterocycles. The lowest BCUT2D eigenvalue weighted by Crippen LogP contribution is -2.01. The van der Waals surface area contributed by atoms with Gasteiger partial charge >= 0.3 is 0 Å². The Labute approximate surface area is 399 Å². The highest BCUT2D eigenvalue weighted by Crippen LogP contribution is 2.39. The van der Waals surface area contributed by atoms with Crippen molar-refractivity contribution in [2.24, 2.45) is 0 Å². The van der Waals surface area contributed by atoms with Crippen LogP contribution in [-0.4, -0.2) is 15.0 Å². The van der Waals surface area contributed by atoms with Crippen molar-refractivity contribution >= 4 is 43.5 Å². The van der Waals surface area contributed by atoms with Gasteiger partial charge in [-0.25, -0.2) is 15.0 Å². The number of hydrogen-bond donors (Lipinski definition) is 0. The summed E-state index contributed by atoms with van der Waals surface area (Å²) in [6, 6.07) is 87.7. The summed E-state index contributed by atoms with van der Waals surface area (Å²) in [4.78, 5) is 15.9. The van der Waals surface area contributed by atoms with Crippen LogP contribution in [0.2, 0.25) is 0 Å². The summed E-state index contributed by atoms with van der Waals surface area (Å²) in [6.07, 6.45) is 0. The van der Waals surface area contributed by atoms with E-state index in [-0.39, 0.29) is 0 Å². The van der Waals surface area contributed by atoms with Crippen LogP contribution in [0.5, 0.6) is 0 Å². The van der Waals surface area contributed by atoms with Gasteiger partial charge in [-0.15, -0.1) is 0 Å². The van der Waals surface area contributed by atoms with Crippen molar-refractivity contribution in [1.29, 1.82) is 0 Å². The lowest BCUT2D eigenvalue weighted by atomic mass is 9.94. The van der Waals surface area contributed by atoms with Crippen molar-refractivity contribution < 1.29 is 4.42 Å². The van der Waals surface area contributed by atoms with Crippen molar-refractivity contribution in [3.05, 3.63) is 249 Å². The molecule has 0 saturated carbocycles. The van der Waals surface area contributed by atoms with Gasteiger partial charge in [0.2, 0.25) is 0 Å². The maximum Gasteiger partial charge on any atom is 0.164 e. The van der Waals surface area contributed by atoms with E-state index >= 15 is 0 Å². The third-order valence-corrected chi connectivity index (χ3v) is 13.3. The van der Waals surface area contributed by atoms with Crippen LogP contribution in [0.4, 0.5) is 0 Å². The van der Waals surface area contributed by atoms with Gasteiger partial charge in [0.05, 0.1) is 0 Å². The molecule has 0 bridgehead atoms. The SMILES string of the molecule is c1ccc(-c2ccc3c(c2)oc2cc(-c4cccc(-c5nc(-c6cccc(-c7ccc(-c8ccc9ccccc9c8)cc7)c6)nc(-c6ccccc6-c6cccc7ccccc67)n5)c4)ccc23)cc1. The second-order valence-electron chi connectivity index (χ2n) is 17.6. The summed E-state index contributed by atoms with van der Waals surface area (Å²) >= 11 is 0. The first-order valence-electron chi connectivity index (χ1n) is 23.3. The lowest BCUT2D eigenvalue weighted by Gasteiger charge is -2.14. The molecule has 0 spiro atoms. The largest absolute Gasteiger partial charge is 0.456 e. The second kappa shape index (κ2) is 16.9. The molecule has 13 rings (SSSR count). The smallest absolute Gasteiger partial charge is 0.164 e. The van der Waals surface area contributed by atoms with Gasteiger partial charge in [0.25, 0.3) is 0 Å². The molecule has 0 aliphatic rings. The second-order valence-corrected chi connectivity index (χ2v) is 17.6.